The molecule has 1 aliphatic heterocycles. The topological polar surface area (TPSA) is 66.8 Å². The smallest absolute Gasteiger partial charge is 0.333 e. The normalized spacial score (nSPS) is 52.7. The van der Waals surface area contributed by atoms with Crippen LogP contribution in [0.25, 0.3) is 0 Å². The summed E-state index contributed by atoms with van der Waals surface area (Å²) in [5.41, 5.74) is 0.725. The fourth-order valence-electron chi connectivity index (χ4n) is 6.94. The third kappa shape index (κ3) is 1.96. The summed E-state index contributed by atoms with van der Waals surface area (Å²) >= 11 is 0. The molecule has 0 amide bonds. The summed E-state index contributed by atoms with van der Waals surface area (Å²) in [4.78, 5) is 11.8. The summed E-state index contributed by atoms with van der Waals surface area (Å²) in [6, 6.07) is 0. The van der Waals surface area contributed by atoms with Gasteiger partial charge in [-0.05, 0) is 54.8 Å². The van der Waals surface area contributed by atoms with Crippen molar-refractivity contribution in [2.45, 2.75) is 71.7 Å². The van der Waals surface area contributed by atoms with E-state index in [4.69, 9.17) is 4.74 Å². The van der Waals surface area contributed by atoms with Gasteiger partial charge in [0, 0.05) is 23.5 Å². The predicted octanol–water partition coefficient (Wildman–Crippen LogP) is 3.03. The number of hydrogen-bond acceptors (Lipinski definition) is 4. The van der Waals surface area contributed by atoms with E-state index in [0.29, 0.717) is 18.3 Å². The maximum absolute atomic E-state index is 11.8. The number of aliphatic hydroxyl groups is 2. The van der Waals surface area contributed by atoms with Crippen molar-refractivity contribution >= 4 is 5.97 Å². The van der Waals surface area contributed by atoms with Gasteiger partial charge in [0.05, 0.1) is 6.10 Å². The number of esters is 1. The highest BCUT2D eigenvalue weighted by molar-refractivity contribution is 5.86. The summed E-state index contributed by atoms with van der Waals surface area (Å²) in [5, 5.41) is 22.0. The van der Waals surface area contributed by atoms with Gasteiger partial charge in [0.1, 0.15) is 0 Å². The first kappa shape index (κ1) is 16.6. The van der Waals surface area contributed by atoms with Gasteiger partial charge in [-0.15, -0.1) is 0 Å². The SMILES string of the molecule is C[C@@H]1C2=CC(=O)O[C@]2(O)C[C@@H]2[C@@H]1CC[C@@H]1C(C)(C)CC[C@H](O)[C@]21C. The average Bonchev–Trinajstić information content (AvgIpc) is 2.79. The molecule has 4 heteroatoms. The molecular weight excluding hydrogens is 304 g/mol. The summed E-state index contributed by atoms with van der Waals surface area (Å²) in [6.07, 6.45) is 5.67. The Morgan fingerprint density at radius 1 is 1.21 bits per heavy atom. The Kier molecular flexibility index (Phi) is 3.35. The molecule has 3 aliphatic carbocycles. The molecule has 3 saturated carbocycles. The van der Waals surface area contributed by atoms with E-state index >= 15 is 0 Å². The Morgan fingerprint density at radius 2 is 1.92 bits per heavy atom. The van der Waals surface area contributed by atoms with Crippen molar-refractivity contribution in [3.63, 3.8) is 0 Å². The van der Waals surface area contributed by atoms with Crippen molar-refractivity contribution in [1.29, 1.82) is 0 Å². The highest BCUT2D eigenvalue weighted by Crippen LogP contribution is 2.66. The fourth-order valence-corrected chi connectivity index (χ4v) is 6.94. The molecule has 134 valence electrons. The molecule has 7 atom stereocenters. The molecule has 0 saturated heterocycles. The van der Waals surface area contributed by atoms with E-state index < -0.39 is 11.8 Å². The number of rotatable bonds is 0. The van der Waals surface area contributed by atoms with Gasteiger partial charge in [0.25, 0.3) is 0 Å². The van der Waals surface area contributed by atoms with Gasteiger partial charge >= 0.3 is 5.97 Å². The van der Waals surface area contributed by atoms with Crippen molar-refractivity contribution in [3.8, 4) is 0 Å². The Morgan fingerprint density at radius 3 is 2.62 bits per heavy atom. The Hall–Kier alpha value is -0.870. The van der Waals surface area contributed by atoms with E-state index in [1.807, 2.05) is 0 Å². The first-order chi connectivity index (χ1) is 11.1. The maximum Gasteiger partial charge on any atom is 0.333 e. The zero-order valence-corrected chi connectivity index (χ0v) is 15.2. The van der Waals surface area contributed by atoms with Crippen LogP contribution >= 0.6 is 0 Å². The average molecular weight is 334 g/mol. The van der Waals surface area contributed by atoms with Crippen LogP contribution in [0, 0.1) is 34.5 Å². The first-order valence-electron chi connectivity index (χ1n) is 9.45. The highest BCUT2D eigenvalue weighted by Gasteiger charge is 2.64. The minimum absolute atomic E-state index is 0.121. The van der Waals surface area contributed by atoms with Gasteiger partial charge in [0.15, 0.2) is 0 Å². The van der Waals surface area contributed by atoms with E-state index in [9.17, 15) is 15.0 Å². The number of carbonyl (C=O) groups is 1. The quantitative estimate of drug-likeness (QED) is 0.668. The summed E-state index contributed by atoms with van der Waals surface area (Å²) in [5.74, 6) is -0.748. The highest BCUT2D eigenvalue weighted by atomic mass is 16.7. The largest absolute Gasteiger partial charge is 0.426 e. The van der Waals surface area contributed by atoms with Crippen molar-refractivity contribution < 1.29 is 19.7 Å². The number of hydrogen-bond donors (Lipinski definition) is 2. The third-order valence-corrected chi connectivity index (χ3v) is 8.20. The lowest BCUT2D eigenvalue weighted by Gasteiger charge is -2.64. The van der Waals surface area contributed by atoms with Crippen LogP contribution in [0.4, 0.5) is 0 Å². The van der Waals surface area contributed by atoms with Crippen LogP contribution in [0.3, 0.4) is 0 Å². The molecule has 4 aliphatic rings. The number of fused-ring (bicyclic) bond motifs is 4. The molecule has 0 spiro atoms. The van der Waals surface area contributed by atoms with Gasteiger partial charge in [-0.25, -0.2) is 4.79 Å². The Balaban J connectivity index is 1.77. The van der Waals surface area contributed by atoms with E-state index in [0.717, 1.165) is 31.3 Å². The summed E-state index contributed by atoms with van der Waals surface area (Å²) in [6.45, 7) is 8.98. The number of aliphatic hydroxyl groups excluding tert-OH is 1. The second-order valence-electron chi connectivity index (χ2n) is 9.61. The van der Waals surface area contributed by atoms with Crippen LogP contribution in [-0.4, -0.2) is 28.1 Å². The van der Waals surface area contributed by atoms with Crippen LogP contribution in [0.1, 0.15) is 59.8 Å². The Labute approximate surface area is 144 Å². The molecule has 0 radical (unpaired) electrons. The molecular formula is C20H30O4. The fraction of sp³-hybridized carbons (Fsp3) is 0.850. The molecule has 4 rings (SSSR count). The lowest BCUT2D eigenvalue weighted by Crippen LogP contribution is -2.62. The standard InChI is InChI=1S/C20H30O4/c1-11-12-5-6-15-18(2,3)8-7-16(21)19(15,4)14(12)10-20(23)13(11)9-17(22)24-20/h9,11-12,14-16,21,23H,5-8,10H2,1-4H3/t11-,12+,14+,15+,16-,19+,20+/m0/s1. The molecule has 1 heterocycles. The minimum atomic E-state index is -1.45. The summed E-state index contributed by atoms with van der Waals surface area (Å²) in [7, 11) is 0. The van der Waals surface area contributed by atoms with Crippen molar-refractivity contribution in [3.05, 3.63) is 11.6 Å². The second kappa shape index (κ2) is 4.85. The summed E-state index contributed by atoms with van der Waals surface area (Å²) < 4.78 is 5.33. The molecule has 0 unspecified atom stereocenters. The maximum atomic E-state index is 11.8. The predicted molar refractivity (Wildman–Crippen MR) is 89.7 cm³/mol. The van der Waals surface area contributed by atoms with Crippen molar-refractivity contribution in [2.24, 2.45) is 34.5 Å². The van der Waals surface area contributed by atoms with Crippen LogP contribution in [0.2, 0.25) is 0 Å². The van der Waals surface area contributed by atoms with E-state index in [1.165, 1.54) is 6.08 Å². The van der Waals surface area contributed by atoms with E-state index in [1.54, 1.807) is 0 Å². The van der Waals surface area contributed by atoms with Gasteiger partial charge in [-0.2, -0.15) is 0 Å². The third-order valence-electron chi connectivity index (χ3n) is 8.20. The van der Waals surface area contributed by atoms with Gasteiger partial charge < -0.3 is 14.9 Å². The lowest BCUT2D eigenvalue weighted by molar-refractivity contribution is -0.236. The molecule has 24 heavy (non-hydrogen) atoms. The zero-order chi connectivity index (χ0) is 17.5. The van der Waals surface area contributed by atoms with Crippen LogP contribution in [0.15, 0.2) is 11.6 Å². The van der Waals surface area contributed by atoms with E-state index in [2.05, 4.69) is 27.7 Å². The monoisotopic (exact) mass is 334 g/mol. The Bertz CT molecular complexity index is 609. The second-order valence-corrected chi connectivity index (χ2v) is 9.61. The minimum Gasteiger partial charge on any atom is -0.426 e. The molecule has 0 aromatic heterocycles. The van der Waals surface area contributed by atoms with E-state index in [-0.39, 0.29) is 28.8 Å². The van der Waals surface area contributed by atoms with Gasteiger partial charge in [-0.1, -0.05) is 27.7 Å². The number of ether oxygens (including phenoxy) is 1. The van der Waals surface area contributed by atoms with Crippen LogP contribution in [-0.2, 0) is 9.53 Å². The number of carbonyl (C=O) groups excluding carboxylic acids is 1. The molecule has 0 aromatic rings. The molecule has 0 aromatic carbocycles. The van der Waals surface area contributed by atoms with Gasteiger partial charge in [0.2, 0.25) is 5.79 Å². The van der Waals surface area contributed by atoms with Crippen molar-refractivity contribution in [1.82, 2.24) is 0 Å². The van der Waals surface area contributed by atoms with Gasteiger partial charge in [-0.3, -0.25) is 0 Å². The lowest BCUT2D eigenvalue weighted by atomic mass is 9.42. The van der Waals surface area contributed by atoms with Crippen molar-refractivity contribution in [2.75, 3.05) is 0 Å². The molecule has 0 bridgehead atoms. The van der Waals surface area contributed by atoms with Crippen LogP contribution in [0.5, 0.6) is 0 Å². The molecule has 3 fully saturated rings. The first-order valence-corrected chi connectivity index (χ1v) is 9.45. The molecule has 2 N–H and O–H groups in total. The van der Waals surface area contributed by atoms with Crippen LogP contribution < -0.4 is 0 Å². The zero-order valence-electron chi connectivity index (χ0n) is 15.2. The molecule has 4 nitrogen and oxygen atoms in total.